The molecule has 1 N–H and O–H groups in total. The fourth-order valence-corrected chi connectivity index (χ4v) is 5.14. The number of nitrogens with one attached hydrogen (secondary N) is 1. The summed E-state index contributed by atoms with van der Waals surface area (Å²) in [4.78, 5) is 29.9. The summed E-state index contributed by atoms with van der Waals surface area (Å²) in [6.45, 7) is 0.626. The van der Waals surface area contributed by atoms with E-state index in [1.165, 1.54) is 5.56 Å². The highest BCUT2D eigenvalue weighted by atomic mass is 32.2. The molecule has 30 heavy (non-hydrogen) atoms. The van der Waals surface area contributed by atoms with Crippen LogP contribution in [-0.2, 0) is 11.2 Å². The van der Waals surface area contributed by atoms with Gasteiger partial charge in [-0.15, -0.1) is 11.8 Å². The number of nitrogens with zero attached hydrogens (tertiary/aromatic N) is 1. The Morgan fingerprint density at radius 2 is 1.77 bits per heavy atom. The van der Waals surface area contributed by atoms with E-state index in [0.29, 0.717) is 12.1 Å². The molecule has 2 heterocycles. The third-order valence-corrected chi connectivity index (χ3v) is 6.78. The van der Waals surface area contributed by atoms with E-state index >= 15 is 0 Å². The van der Waals surface area contributed by atoms with Gasteiger partial charge in [-0.25, -0.2) is 0 Å². The Bertz CT molecular complexity index is 1140. The van der Waals surface area contributed by atoms with Gasteiger partial charge in [-0.2, -0.15) is 0 Å². The molecule has 2 atom stereocenters. The van der Waals surface area contributed by atoms with Crippen LogP contribution in [0.15, 0.2) is 77.7 Å². The molecule has 0 fully saturated rings. The Morgan fingerprint density at radius 3 is 2.60 bits per heavy atom. The number of rotatable bonds is 3. The van der Waals surface area contributed by atoms with Crippen LogP contribution in [0.5, 0.6) is 0 Å². The summed E-state index contributed by atoms with van der Waals surface area (Å²) in [5, 5.41) is 3.12. The Labute approximate surface area is 180 Å². The number of amides is 2. The summed E-state index contributed by atoms with van der Waals surface area (Å²) < 4.78 is 0. The van der Waals surface area contributed by atoms with Crippen molar-refractivity contribution in [2.24, 2.45) is 0 Å². The first-order chi connectivity index (χ1) is 14.7. The summed E-state index contributed by atoms with van der Waals surface area (Å²) in [5.41, 5.74) is 4.50. The van der Waals surface area contributed by atoms with E-state index in [1.54, 1.807) is 11.8 Å². The van der Waals surface area contributed by atoms with Gasteiger partial charge in [-0.3, -0.25) is 9.59 Å². The van der Waals surface area contributed by atoms with Gasteiger partial charge in [0.05, 0.1) is 12.0 Å². The van der Waals surface area contributed by atoms with Gasteiger partial charge in [0, 0.05) is 22.7 Å². The number of carbonyl (C=O) groups is 2. The van der Waals surface area contributed by atoms with E-state index < -0.39 is 5.92 Å². The molecular weight excluding hydrogens is 392 g/mol. The van der Waals surface area contributed by atoms with E-state index in [2.05, 4.69) is 17.4 Å². The van der Waals surface area contributed by atoms with Crippen molar-refractivity contribution in [3.05, 3.63) is 95.1 Å². The molecule has 2 amide bonds. The Balaban J connectivity index is 1.61. The van der Waals surface area contributed by atoms with Crippen LogP contribution in [-0.4, -0.2) is 29.5 Å². The zero-order valence-corrected chi connectivity index (χ0v) is 17.5. The lowest BCUT2D eigenvalue weighted by atomic mass is 9.76. The molecule has 2 aliphatic heterocycles. The predicted molar refractivity (Wildman–Crippen MR) is 120 cm³/mol. The molecule has 0 aliphatic carbocycles. The SMILES string of the molecule is CSc1cccc(NC(=O)C2c3ccccc3C(=O)N3CCc4ccccc4C23)c1. The number of benzene rings is 3. The summed E-state index contributed by atoms with van der Waals surface area (Å²) in [6.07, 6.45) is 2.82. The minimum Gasteiger partial charge on any atom is -0.330 e. The first-order valence-electron chi connectivity index (χ1n) is 10.1. The summed E-state index contributed by atoms with van der Waals surface area (Å²) in [7, 11) is 0. The molecule has 0 saturated carbocycles. The van der Waals surface area contributed by atoms with E-state index in [4.69, 9.17) is 0 Å². The molecular formula is C25H22N2O2S. The van der Waals surface area contributed by atoms with Gasteiger partial charge in [-0.05, 0) is 53.6 Å². The molecule has 0 spiro atoms. The van der Waals surface area contributed by atoms with Crippen molar-refractivity contribution in [3.8, 4) is 0 Å². The van der Waals surface area contributed by atoms with Crippen LogP contribution in [0.25, 0.3) is 0 Å². The quantitative estimate of drug-likeness (QED) is 0.621. The molecule has 3 aromatic rings. The van der Waals surface area contributed by atoms with Crippen LogP contribution in [0.2, 0.25) is 0 Å². The molecule has 2 aliphatic rings. The lowest BCUT2D eigenvalue weighted by molar-refractivity contribution is -0.119. The molecule has 5 rings (SSSR count). The van der Waals surface area contributed by atoms with Crippen molar-refractivity contribution in [2.45, 2.75) is 23.3 Å². The molecule has 3 aromatic carbocycles. The normalized spacial score (nSPS) is 19.5. The molecule has 150 valence electrons. The van der Waals surface area contributed by atoms with Crippen molar-refractivity contribution >= 4 is 29.3 Å². The number of hydrogen-bond donors (Lipinski definition) is 1. The van der Waals surface area contributed by atoms with Gasteiger partial charge < -0.3 is 10.2 Å². The second-order valence-corrected chi connectivity index (χ2v) is 8.56. The number of fused-ring (bicyclic) bond motifs is 4. The van der Waals surface area contributed by atoms with Crippen LogP contribution in [0.4, 0.5) is 5.69 Å². The smallest absolute Gasteiger partial charge is 0.254 e. The van der Waals surface area contributed by atoms with Crippen molar-refractivity contribution < 1.29 is 9.59 Å². The van der Waals surface area contributed by atoms with Gasteiger partial charge in [0.2, 0.25) is 5.91 Å². The van der Waals surface area contributed by atoms with E-state index in [-0.39, 0.29) is 17.9 Å². The van der Waals surface area contributed by atoms with Crippen LogP contribution in [0, 0.1) is 0 Å². The average molecular weight is 415 g/mol. The maximum Gasteiger partial charge on any atom is 0.254 e. The highest BCUT2D eigenvalue weighted by Crippen LogP contribution is 2.46. The highest BCUT2D eigenvalue weighted by molar-refractivity contribution is 7.98. The highest BCUT2D eigenvalue weighted by Gasteiger charge is 2.46. The van der Waals surface area contributed by atoms with Crippen molar-refractivity contribution in [1.82, 2.24) is 4.90 Å². The number of carbonyl (C=O) groups excluding carboxylic acids is 2. The number of thioether (sulfide) groups is 1. The van der Waals surface area contributed by atoms with Crippen LogP contribution in [0.1, 0.15) is 39.0 Å². The monoisotopic (exact) mass is 414 g/mol. The number of anilines is 1. The third-order valence-electron chi connectivity index (χ3n) is 6.05. The molecule has 0 radical (unpaired) electrons. The summed E-state index contributed by atoms with van der Waals surface area (Å²) >= 11 is 1.64. The van der Waals surface area contributed by atoms with Crippen LogP contribution in [0.3, 0.4) is 0 Å². The fraction of sp³-hybridized carbons (Fsp3) is 0.200. The fourth-order valence-electron chi connectivity index (χ4n) is 4.68. The lowest BCUT2D eigenvalue weighted by Crippen LogP contribution is -2.49. The van der Waals surface area contributed by atoms with Gasteiger partial charge in [0.1, 0.15) is 0 Å². The van der Waals surface area contributed by atoms with E-state index in [1.807, 2.05) is 71.8 Å². The predicted octanol–water partition coefficient (Wildman–Crippen LogP) is 4.88. The second-order valence-electron chi connectivity index (χ2n) is 7.68. The summed E-state index contributed by atoms with van der Waals surface area (Å²) in [5.74, 6) is -0.531. The van der Waals surface area contributed by atoms with Gasteiger partial charge >= 0.3 is 0 Å². The van der Waals surface area contributed by atoms with Crippen LogP contribution < -0.4 is 5.32 Å². The minimum absolute atomic E-state index is 0.0125. The first kappa shape index (κ1) is 18.9. The van der Waals surface area contributed by atoms with Gasteiger partial charge in [0.15, 0.2) is 0 Å². The first-order valence-corrected chi connectivity index (χ1v) is 11.3. The van der Waals surface area contributed by atoms with Gasteiger partial charge in [0.25, 0.3) is 5.91 Å². The molecule has 0 bridgehead atoms. The molecule has 0 saturated heterocycles. The molecule has 2 unspecified atom stereocenters. The molecule has 0 aromatic heterocycles. The lowest BCUT2D eigenvalue weighted by Gasteiger charge is -2.45. The minimum atomic E-state index is -0.460. The van der Waals surface area contributed by atoms with Crippen molar-refractivity contribution in [2.75, 3.05) is 18.1 Å². The Morgan fingerprint density at radius 1 is 1.00 bits per heavy atom. The third kappa shape index (κ3) is 3.10. The zero-order valence-electron chi connectivity index (χ0n) is 16.7. The van der Waals surface area contributed by atoms with E-state index in [9.17, 15) is 9.59 Å². The van der Waals surface area contributed by atoms with Crippen molar-refractivity contribution in [3.63, 3.8) is 0 Å². The Kier molecular flexibility index (Phi) is 4.83. The zero-order chi connectivity index (χ0) is 20.7. The topological polar surface area (TPSA) is 49.4 Å². The maximum atomic E-state index is 13.6. The largest absolute Gasteiger partial charge is 0.330 e. The average Bonchev–Trinajstić information content (AvgIpc) is 2.79. The summed E-state index contributed by atoms with van der Waals surface area (Å²) in [6, 6.07) is 23.3. The molecule has 5 heteroatoms. The molecule has 4 nitrogen and oxygen atoms in total. The standard InChI is InChI=1S/C25H22N2O2S/c1-30-18-9-6-8-17(15-18)26-24(28)22-20-11-4-5-12-21(20)25(29)27-14-13-16-7-2-3-10-19(16)23(22)27/h2-12,15,22-23H,13-14H2,1H3,(H,26,28). The van der Waals surface area contributed by atoms with Crippen LogP contribution >= 0.6 is 11.8 Å². The number of hydrogen-bond acceptors (Lipinski definition) is 3. The Hall–Kier alpha value is -3.05. The van der Waals surface area contributed by atoms with Gasteiger partial charge in [-0.1, -0.05) is 48.5 Å². The van der Waals surface area contributed by atoms with Crippen molar-refractivity contribution in [1.29, 1.82) is 0 Å². The van der Waals surface area contributed by atoms with E-state index in [0.717, 1.165) is 28.1 Å². The second kappa shape index (κ2) is 7.65. The maximum absolute atomic E-state index is 13.6.